The number of hydrogen-bond acceptors (Lipinski definition) is 3. The summed E-state index contributed by atoms with van der Waals surface area (Å²) in [6.45, 7) is 4.29. The maximum Gasteiger partial charge on any atom is 0.165 e. The Morgan fingerprint density at radius 1 is 1.08 bits per heavy atom. The molecule has 0 saturated carbocycles. The first kappa shape index (κ1) is 17.3. The van der Waals surface area contributed by atoms with Crippen molar-refractivity contribution in [3.05, 3.63) is 65.2 Å². The lowest BCUT2D eigenvalue weighted by Gasteiger charge is -2.04. The molecule has 4 heteroatoms. The lowest BCUT2D eigenvalue weighted by atomic mass is 10.0. The second kappa shape index (κ2) is 7.98. The zero-order valence-electron chi connectivity index (χ0n) is 13.9. The fourth-order valence-corrected chi connectivity index (χ4v) is 2.11. The highest BCUT2D eigenvalue weighted by Gasteiger charge is 2.09. The third-order valence-electron chi connectivity index (χ3n) is 3.50. The first-order valence-electron chi connectivity index (χ1n) is 7.79. The van der Waals surface area contributed by atoms with Gasteiger partial charge < -0.3 is 11.1 Å². The van der Waals surface area contributed by atoms with Crippen molar-refractivity contribution in [1.29, 1.82) is 5.41 Å². The first-order valence-corrected chi connectivity index (χ1v) is 7.79. The second-order valence-corrected chi connectivity index (χ2v) is 5.74. The molecule has 0 fully saturated rings. The van der Waals surface area contributed by atoms with Crippen molar-refractivity contribution in [2.75, 3.05) is 11.9 Å². The van der Waals surface area contributed by atoms with E-state index in [0.29, 0.717) is 12.1 Å². The highest BCUT2D eigenvalue weighted by Crippen LogP contribution is 2.10. The van der Waals surface area contributed by atoms with Gasteiger partial charge in [-0.2, -0.15) is 0 Å². The fraction of sp³-hybridized carbons (Fsp3) is 0.200. The summed E-state index contributed by atoms with van der Waals surface area (Å²) in [5.41, 5.74) is 8.64. The van der Waals surface area contributed by atoms with Crippen LogP contribution in [0.4, 0.5) is 5.69 Å². The number of rotatable bonds is 5. The molecule has 2 rings (SSSR count). The Balaban J connectivity index is 1.91. The number of nitrogen functional groups attached to an aromatic ring is 1. The number of Topliss-reactive ketones (excluding diaryl/α,β-unsaturated/α-hetero) is 1. The van der Waals surface area contributed by atoms with E-state index in [-0.39, 0.29) is 17.5 Å². The SMILES string of the molecule is CC(C)C(=O)c1ccc(C#CCNc2ccc(C(=N)N)cc2)cc1. The van der Waals surface area contributed by atoms with Crippen LogP contribution in [0.5, 0.6) is 0 Å². The molecule has 0 saturated heterocycles. The van der Waals surface area contributed by atoms with Crippen LogP contribution in [0.25, 0.3) is 0 Å². The van der Waals surface area contributed by atoms with Crippen molar-refractivity contribution in [3.8, 4) is 11.8 Å². The zero-order valence-corrected chi connectivity index (χ0v) is 13.9. The Labute approximate surface area is 142 Å². The normalized spacial score (nSPS) is 9.96. The minimum absolute atomic E-state index is 0.000486. The molecule has 122 valence electrons. The van der Waals surface area contributed by atoms with Gasteiger partial charge in [0.2, 0.25) is 0 Å². The number of nitrogens with two attached hydrogens (primary N) is 1. The summed E-state index contributed by atoms with van der Waals surface area (Å²) < 4.78 is 0. The van der Waals surface area contributed by atoms with Gasteiger partial charge in [0, 0.05) is 28.3 Å². The van der Waals surface area contributed by atoms with Crippen molar-refractivity contribution in [1.82, 2.24) is 0 Å². The van der Waals surface area contributed by atoms with Gasteiger partial charge in [-0.25, -0.2) is 0 Å². The van der Waals surface area contributed by atoms with Gasteiger partial charge in [0.1, 0.15) is 5.84 Å². The van der Waals surface area contributed by atoms with Crippen molar-refractivity contribution in [2.24, 2.45) is 11.7 Å². The number of carbonyl (C=O) groups excluding carboxylic acids is 1. The number of nitrogens with one attached hydrogen (secondary N) is 2. The molecule has 0 aliphatic rings. The van der Waals surface area contributed by atoms with E-state index in [0.717, 1.165) is 16.8 Å². The van der Waals surface area contributed by atoms with E-state index in [1.54, 1.807) is 12.1 Å². The predicted octanol–water partition coefficient (Wildman–Crippen LogP) is 3.27. The molecule has 0 aromatic heterocycles. The molecule has 0 aliphatic heterocycles. The number of carbonyl (C=O) groups is 1. The quantitative estimate of drug-likeness (QED) is 0.342. The third kappa shape index (κ3) is 4.72. The van der Waals surface area contributed by atoms with E-state index in [2.05, 4.69) is 17.2 Å². The smallest absolute Gasteiger partial charge is 0.165 e. The van der Waals surface area contributed by atoms with Crippen LogP contribution in [0.2, 0.25) is 0 Å². The van der Waals surface area contributed by atoms with Crippen LogP contribution in [-0.4, -0.2) is 18.2 Å². The van der Waals surface area contributed by atoms with Crippen LogP contribution < -0.4 is 11.1 Å². The highest BCUT2D eigenvalue weighted by atomic mass is 16.1. The predicted molar refractivity (Wildman–Crippen MR) is 98.4 cm³/mol. The number of anilines is 1. The summed E-state index contributed by atoms with van der Waals surface area (Å²) in [7, 11) is 0. The molecule has 24 heavy (non-hydrogen) atoms. The Hall–Kier alpha value is -3.06. The largest absolute Gasteiger partial charge is 0.384 e. The average Bonchev–Trinajstić information content (AvgIpc) is 2.59. The van der Waals surface area contributed by atoms with E-state index in [4.69, 9.17) is 11.1 Å². The Kier molecular flexibility index (Phi) is 5.75. The van der Waals surface area contributed by atoms with Crippen LogP contribution in [0, 0.1) is 23.2 Å². The topological polar surface area (TPSA) is 79.0 Å². The minimum atomic E-state index is 0.000486. The molecule has 0 radical (unpaired) electrons. The molecular formula is C20H21N3O. The Bertz CT molecular complexity index is 778. The van der Waals surface area contributed by atoms with Gasteiger partial charge in [0.25, 0.3) is 0 Å². The van der Waals surface area contributed by atoms with E-state index in [1.807, 2.05) is 50.2 Å². The van der Waals surface area contributed by atoms with Crippen LogP contribution in [0.3, 0.4) is 0 Å². The van der Waals surface area contributed by atoms with Crippen LogP contribution >= 0.6 is 0 Å². The maximum atomic E-state index is 11.9. The molecule has 2 aromatic carbocycles. The number of ketones is 1. The van der Waals surface area contributed by atoms with Gasteiger partial charge in [-0.15, -0.1) is 0 Å². The number of benzene rings is 2. The van der Waals surface area contributed by atoms with Crippen molar-refractivity contribution < 1.29 is 4.79 Å². The molecule has 0 unspecified atom stereocenters. The second-order valence-electron chi connectivity index (χ2n) is 5.74. The lowest BCUT2D eigenvalue weighted by molar-refractivity contribution is 0.0939. The fourth-order valence-electron chi connectivity index (χ4n) is 2.11. The third-order valence-corrected chi connectivity index (χ3v) is 3.50. The summed E-state index contributed by atoms with van der Waals surface area (Å²) in [5.74, 6) is 6.31. The average molecular weight is 319 g/mol. The minimum Gasteiger partial charge on any atom is -0.384 e. The van der Waals surface area contributed by atoms with Crippen LogP contribution in [-0.2, 0) is 0 Å². The van der Waals surface area contributed by atoms with Gasteiger partial charge in [0.15, 0.2) is 5.78 Å². The lowest BCUT2D eigenvalue weighted by Crippen LogP contribution is -2.10. The van der Waals surface area contributed by atoms with Gasteiger partial charge in [-0.05, 0) is 36.4 Å². The summed E-state index contributed by atoms with van der Waals surface area (Å²) in [4.78, 5) is 11.9. The van der Waals surface area contributed by atoms with E-state index in [9.17, 15) is 4.79 Å². The van der Waals surface area contributed by atoms with E-state index < -0.39 is 0 Å². The zero-order chi connectivity index (χ0) is 17.5. The monoisotopic (exact) mass is 319 g/mol. The molecule has 0 heterocycles. The summed E-state index contributed by atoms with van der Waals surface area (Å²) in [5, 5.41) is 10.5. The van der Waals surface area contributed by atoms with Gasteiger partial charge >= 0.3 is 0 Å². The van der Waals surface area contributed by atoms with Crippen LogP contribution in [0.15, 0.2) is 48.5 Å². The van der Waals surface area contributed by atoms with Gasteiger partial charge in [-0.3, -0.25) is 10.2 Å². The molecule has 0 amide bonds. The maximum absolute atomic E-state index is 11.9. The van der Waals surface area contributed by atoms with Gasteiger partial charge in [-0.1, -0.05) is 37.8 Å². The number of amidine groups is 1. The molecule has 0 aliphatic carbocycles. The Morgan fingerprint density at radius 2 is 1.67 bits per heavy atom. The highest BCUT2D eigenvalue weighted by molar-refractivity contribution is 5.97. The van der Waals surface area contributed by atoms with E-state index in [1.165, 1.54) is 0 Å². The molecule has 0 bridgehead atoms. The van der Waals surface area contributed by atoms with Crippen molar-refractivity contribution >= 4 is 17.3 Å². The summed E-state index contributed by atoms with van der Waals surface area (Å²) in [6.07, 6.45) is 0. The number of hydrogen-bond donors (Lipinski definition) is 3. The van der Waals surface area contributed by atoms with Gasteiger partial charge in [0.05, 0.1) is 6.54 Å². The molecule has 2 aromatic rings. The molecule has 4 N–H and O–H groups in total. The molecule has 0 atom stereocenters. The van der Waals surface area contributed by atoms with Crippen molar-refractivity contribution in [2.45, 2.75) is 13.8 Å². The summed E-state index contributed by atoms with van der Waals surface area (Å²) in [6, 6.07) is 14.7. The summed E-state index contributed by atoms with van der Waals surface area (Å²) >= 11 is 0. The molecule has 0 spiro atoms. The standard InChI is InChI=1S/C20H21N3O/c1-14(2)19(24)16-7-5-15(6-8-16)4-3-13-23-18-11-9-17(10-12-18)20(21)22/h5-12,14,23H,13H2,1-2H3,(H3,21,22). The first-order chi connectivity index (χ1) is 11.5. The molecule has 4 nitrogen and oxygen atoms in total. The molecular weight excluding hydrogens is 298 g/mol. The van der Waals surface area contributed by atoms with Crippen LogP contribution in [0.1, 0.15) is 35.3 Å². The van der Waals surface area contributed by atoms with Crippen molar-refractivity contribution in [3.63, 3.8) is 0 Å². The Morgan fingerprint density at radius 3 is 2.21 bits per heavy atom. The van der Waals surface area contributed by atoms with E-state index >= 15 is 0 Å².